The van der Waals surface area contributed by atoms with E-state index in [0.29, 0.717) is 28.8 Å². The van der Waals surface area contributed by atoms with Crippen LogP contribution in [-0.4, -0.2) is 33.6 Å². The van der Waals surface area contributed by atoms with Gasteiger partial charge in [0.05, 0.1) is 17.1 Å². The molecule has 4 rings (SSSR count). The first kappa shape index (κ1) is 20.1. The summed E-state index contributed by atoms with van der Waals surface area (Å²) in [6.45, 7) is 0.343. The Balaban J connectivity index is 1.33. The standard InChI is InChI=1S/C20H18F4N4O2/c1-10(11-2-5-17(25-8-11)30-9-20(22,23)24)26-19(29)14-7-13(14)18-27-15-4-3-12(21)6-16(15)28-18/h2-6,8,10,13-14H,7,9H2,1H3,(H,26,29)(H,27,28)/t10-,13-,14-/m1/s1. The Morgan fingerprint density at radius 2 is 2.13 bits per heavy atom. The number of alkyl halides is 3. The maximum atomic E-state index is 13.3. The van der Waals surface area contributed by atoms with E-state index in [1.54, 1.807) is 19.1 Å². The summed E-state index contributed by atoms with van der Waals surface area (Å²) >= 11 is 0. The van der Waals surface area contributed by atoms with Gasteiger partial charge in [-0.15, -0.1) is 0 Å². The van der Waals surface area contributed by atoms with Crippen molar-refractivity contribution in [2.75, 3.05) is 6.61 Å². The number of hydrogen-bond acceptors (Lipinski definition) is 4. The van der Waals surface area contributed by atoms with Gasteiger partial charge in [0.1, 0.15) is 11.6 Å². The average molecular weight is 422 g/mol. The van der Waals surface area contributed by atoms with Gasteiger partial charge in [-0.1, -0.05) is 6.07 Å². The molecule has 2 aromatic heterocycles. The van der Waals surface area contributed by atoms with Crippen molar-refractivity contribution in [1.29, 1.82) is 0 Å². The first-order valence-corrected chi connectivity index (χ1v) is 9.30. The van der Waals surface area contributed by atoms with E-state index in [1.807, 2.05) is 0 Å². The Hall–Kier alpha value is -3.17. The Kier molecular flexibility index (Phi) is 5.08. The molecule has 10 heteroatoms. The van der Waals surface area contributed by atoms with Crippen molar-refractivity contribution in [3.8, 4) is 5.88 Å². The molecule has 30 heavy (non-hydrogen) atoms. The lowest BCUT2D eigenvalue weighted by atomic mass is 10.1. The Bertz CT molecular complexity index is 1060. The second-order valence-electron chi connectivity index (χ2n) is 7.30. The summed E-state index contributed by atoms with van der Waals surface area (Å²) < 4.78 is 54.4. The minimum Gasteiger partial charge on any atom is -0.468 e. The molecule has 0 spiro atoms. The number of H-pyrrole nitrogens is 1. The van der Waals surface area contributed by atoms with Gasteiger partial charge in [0.15, 0.2) is 6.61 Å². The third-order valence-electron chi connectivity index (χ3n) is 4.94. The minimum absolute atomic E-state index is 0.0658. The van der Waals surface area contributed by atoms with Crippen molar-refractivity contribution in [3.05, 3.63) is 53.7 Å². The molecule has 1 aliphatic carbocycles. The zero-order valence-electron chi connectivity index (χ0n) is 15.8. The summed E-state index contributed by atoms with van der Waals surface area (Å²) in [5.74, 6) is -0.335. The van der Waals surface area contributed by atoms with Crippen LogP contribution in [0.25, 0.3) is 11.0 Å². The Labute approximate surface area is 168 Å². The van der Waals surface area contributed by atoms with E-state index in [4.69, 9.17) is 0 Å². The molecule has 3 atom stereocenters. The molecule has 6 nitrogen and oxygen atoms in total. The highest BCUT2D eigenvalue weighted by molar-refractivity contribution is 5.83. The lowest BCUT2D eigenvalue weighted by molar-refractivity contribution is -0.154. The van der Waals surface area contributed by atoms with Crippen LogP contribution in [0.2, 0.25) is 0 Å². The summed E-state index contributed by atoms with van der Waals surface area (Å²) in [6, 6.07) is 6.79. The molecule has 1 amide bonds. The fraction of sp³-hybridized carbons (Fsp3) is 0.350. The van der Waals surface area contributed by atoms with E-state index < -0.39 is 12.8 Å². The highest BCUT2D eigenvalue weighted by Crippen LogP contribution is 2.47. The van der Waals surface area contributed by atoms with Crippen LogP contribution < -0.4 is 10.1 Å². The number of nitrogens with zero attached hydrogens (tertiary/aromatic N) is 2. The monoisotopic (exact) mass is 422 g/mol. The number of pyridine rings is 1. The van der Waals surface area contributed by atoms with Gasteiger partial charge in [0.2, 0.25) is 11.8 Å². The molecule has 3 aromatic rings. The van der Waals surface area contributed by atoms with E-state index in [-0.39, 0.29) is 35.5 Å². The van der Waals surface area contributed by atoms with Crippen LogP contribution in [0.4, 0.5) is 17.6 Å². The van der Waals surface area contributed by atoms with Crippen molar-refractivity contribution in [2.24, 2.45) is 5.92 Å². The lowest BCUT2D eigenvalue weighted by Crippen LogP contribution is -2.28. The van der Waals surface area contributed by atoms with E-state index in [2.05, 4.69) is 25.0 Å². The van der Waals surface area contributed by atoms with E-state index in [1.165, 1.54) is 24.4 Å². The van der Waals surface area contributed by atoms with Gasteiger partial charge in [0.25, 0.3) is 0 Å². The maximum absolute atomic E-state index is 13.3. The summed E-state index contributed by atoms with van der Waals surface area (Å²) in [7, 11) is 0. The molecule has 1 saturated carbocycles. The molecule has 1 aliphatic rings. The molecule has 1 aromatic carbocycles. The van der Waals surface area contributed by atoms with Crippen molar-refractivity contribution < 1.29 is 27.1 Å². The number of hydrogen-bond donors (Lipinski definition) is 2. The Morgan fingerprint density at radius 3 is 2.83 bits per heavy atom. The number of imidazole rings is 1. The number of amides is 1. The quantitative estimate of drug-likeness (QED) is 0.588. The van der Waals surface area contributed by atoms with Gasteiger partial charge in [-0.25, -0.2) is 14.4 Å². The number of carbonyl (C=O) groups excluding carboxylic acids is 1. The number of rotatable bonds is 6. The third-order valence-corrected chi connectivity index (χ3v) is 4.94. The summed E-state index contributed by atoms with van der Waals surface area (Å²) in [5.41, 5.74) is 1.87. The Morgan fingerprint density at radius 1 is 1.33 bits per heavy atom. The summed E-state index contributed by atoms with van der Waals surface area (Å²) in [6.07, 6.45) is -2.44. The van der Waals surface area contributed by atoms with Crippen LogP contribution in [-0.2, 0) is 4.79 Å². The number of nitrogens with one attached hydrogen (secondary N) is 2. The topological polar surface area (TPSA) is 79.9 Å². The molecule has 2 heterocycles. The van der Waals surface area contributed by atoms with Crippen LogP contribution in [0.15, 0.2) is 36.5 Å². The van der Waals surface area contributed by atoms with E-state index in [0.717, 1.165) is 0 Å². The maximum Gasteiger partial charge on any atom is 0.422 e. The van der Waals surface area contributed by atoms with Crippen molar-refractivity contribution in [2.45, 2.75) is 31.5 Å². The van der Waals surface area contributed by atoms with Gasteiger partial charge in [-0.05, 0) is 31.0 Å². The first-order valence-electron chi connectivity index (χ1n) is 9.30. The predicted octanol–water partition coefficient (Wildman–Crippen LogP) is 4.02. The largest absolute Gasteiger partial charge is 0.468 e. The molecular formula is C20H18F4N4O2. The molecule has 0 unspecified atom stereocenters. The number of ether oxygens (including phenoxy) is 1. The highest BCUT2D eigenvalue weighted by Gasteiger charge is 2.46. The van der Waals surface area contributed by atoms with E-state index >= 15 is 0 Å². The smallest absolute Gasteiger partial charge is 0.422 e. The van der Waals surface area contributed by atoms with Crippen LogP contribution in [0.1, 0.15) is 36.7 Å². The molecule has 1 fully saturated rings. The van der Waals surface area contributed by atoms with Crippen LogP contribution >= 0.6 is 0 Å². The third kappa shape index (κ3) is 4.52. The number of aromatic nitrogens is 3. The van der Waals surface area contributed by atoms with Crippen LogP contribution in [0.3, 0.4) is 0 Å². The zero-order chi connectivity index (χ0) is 21.5. The first-order chi connectivity index (χ1) is 14.2. The highest BCUT2D eigenvalue weighted by atomic mass is 19.4. The molecule has 0 saturated heterocycles. The summed E-state index contributed by atoms with van der Waals surface area (Å²) in [4.78, 5) is 23.9. The molecule has 0 aliphatic heterocycles. The van der Waals surface area contributed by atoms with Crippen molar-refractivity contribution in [3.63, 3.8) is 0 Å². The number of benzene rings is 1. The molecule has 158 valence electrons. The number of carbonyl (C=O) groups is 1. The summed E-state index contributed by atoms with van der Waals surface area (Å²) in [5, 5.41) is 2.88. The van der Waals surface area contributed by atoms with Crippen LogP contribution in [0.5, 0.6) is 5.88 Å². The molecular weight excluding hydrogens is 404 g/mol. The normalized spacial score (nSPS) is 19.5. The van der Waals surface area contributed by atoms with Gasteiger partial charge in [0, 0.05) is 30.2 Å². The SMILES string of the molecule is C[C@@H](NC(=O)[C@@H]1C[C@H]1c1nc2cc(F)ccc2[nH]1)c1ccc(OCC(F)(F)F)nc1. The van der Waals surface area contributed by atoms with Gasteiger partial charge < -0.3 is 15.0 Å². The number of fused-ring (bicyclic) bond motifs is 1. The second kappa shape index (κ2) is 7.58. The van der Waals surface area contributed by atoms with Crippen LogP contribution in [0, 0.1) is 11.7 Å². The molecule has 0 radical (unpaired) electrons. The van der Waals surface area contributed by atoms with Crippen molar-refractivity contribution in [1.82, 2.24) is 20.3 Å². The number of halogens is 4. The second-order valence-corrected chi connectivity index (χ2v) is 7.30. The van der Waals surface area contributed by atoms with E-state index in [9.17, 15) is 22.4 Å². The predicted molar refractivity (Wildman–Crippen MR) is 99.2 cm³/mol. The van der Waals surface area contributed by atoms with Crippen molar-refractivity contribution >= 4 is 16.9 Å². The minimum atomic E-state index is -4.43. The zero-order valence-corrected chi connectivity index (χ0v) is 15.8. The van der Waals surface area contributed by atoms with Gasteiger partial charge >= 0.3 is 6.18 Å². The fourth-order valence-electron chi connectivity index (χ4n) is 3.25. The molecule has 2 N–H and O–H groups in total. The van der Waals surface area contributed by atoms with Gasteiger partial charge in [-0.2, -0.15) is 13.2 Å². The fourth-order valence-corrected chi connectivity index (χ4v) is 3.25. The number of aromatic amines is 1. The molecule has 0 bridgehead atoms. The lowest BCUT2D eigenvalue weighted by Gasteiger charge is -2.15. The average Bonchev–Trinajstić information content (AvgIpc) is 3.39. The van der Waals surface area contributed by atoms with Gasteiger partial charge in [-0.3, -0.25) is 4.79 Å².